The number of aromatic hydroxyl groups is 1. The van der Waals surface area contributed by atoms with Crippen LogP contribution in [-0.4, -0.2) is 5.11 Å². The smallest absolute Gasteiger partial charge is 0.221 e. The fourth-order valence-electron chi connectivity index (χ4n) is 1.20. The fraction of sp³-hybridized carbons (Fsp3) is 0. The second-order valence-corrected chi connectivity index (χ2v) is 3.02. The highest BCUT2D eigenvalue weighted by atomic mass is 16.5. The van der Waals surface area contributed by atoms with Gasteiger partial charge in [-0.3, -0.25) is 5.11 Å². The van der Waals surface area contributed by atoms with E-state index in [4.69, 9.17) is 4.74 Å². The van der Waals surface area contributed by atoms with Gasteiger partial charge in [0, 0.05) is 0 Å². The van der Waals surface area contributed by atoms with Gasteiger partial charge in [-0.05, 0) is 24.3 Å². The van der Waals surface area contributed by atoms with E-state index in [1.54, 1.807) is 36.4 Å². The Hall–Kier alpha value is -2.16. The predicted molar refractivity (Wildman–Crippen MR) is 54.8 cm³/mol. The van der Waals surface area contributed by atoms with Crippen molar-refractivity contribution < 1.29 is 14.9 Å². The minimum absolute atomic E-state index is 0.0146. The number of phenolic OH excluding ortho intramolecular Hbond substituents is 1. The molecule has 0 aliphatic carbocycles. The summed E-state index contributed by atoms with van der Waals surface area (Å²) in [7, 11) is 0. The molecular weight excluding hydrogens is 192 g/mol. The third kappa shape index (κ3) is 2.02. The predicted octanol–water partition coefficient (Wildman–Crippen LogP) is 3.33. The number of para-hydroxylation sites is 4. The van der Waals surface area contributed by atoms with Gasteiger partial charge >= 0.3 is 0 Å². The van der Waals surface area contributed by atoms with Gasteiger partial charge < -0.3 is 9.84 Å². The maximum atomic E-state index is 11.3. The first-order valence-corrected chi connectivity index (χ1v) is 4.49. The zero-order valence-corrected chi connectivity index (χ0v) is 7.88. The summed E-state index contributed by atoms with van der Waals surface area (Å²) in [6, 6.07) is 12.8. The van der Waals surface area contributed by atoms with E-state index in [1.165, 1.54) is 12.1 Å². The Kier molecular flexibility index (Phi) is 2.46. The Labute approximate surface area is 87.2 Å². The van der Waals surface area contributed by atoms with Gasteiger partial charge in [0.25, 0.3) is 0 Å². The van der Waals surface area contributed by atoms with Gasteiger partial charge in [0.05, 0.1) is 0 Å². The molecule has 0 heterocycles. The van der Waals surface area contributed by atoms with Crippen LogP contribution in [0.25, 0.3) is 0 Å². The van der Waals surface area contributed by atoms with Crippen molar-refractivity contribution in [1.29, 1.82) is 0 Å². The molecule has 0 saturated carbocycles. The first-order valence-electron chi connectivity index (χ1n) is 4.49. The molecule has 0 amide bonds. The summed E-state index contributed by atoms with van der Waals surface area (Å²) < 4.78 is 5.28. The highest BCUT2D eigenvalue weighted by molar-refractivity contribution is 5.45. The molecule has 15 heavy (non-hydrogen) atoms. The van der Waals surface area contributed by atoms with E-state index in [0.29, 0.717) is 0 Å². The van der Waals surface area contributed by atoms with Crippen LogP contribution in [0.1, 0.15) is 0 Å². The molecule has 0 saturated heterocycles. The monoisotopic (exact) mass is 201 g/mol. The summed E-state index contributed by atoms with van der Waals surface area (Å²) in [5.41, 5.74) is 0. The minimum Gasteiger partial charge on any atom is -0.504 e. The molecule has 0 spiro atoms. The second-order valence-electron chi connectivity index (χ2n) is 3.02. The Bertz CT molecular complexity index is 422. The number of benzene rings is 2. The quantitative estimate of drug-likeness (QED) is 0.810. The molecule has 0 bridgehead atoms. The van der Waals surface area contributed by atoms with Gasteiger partial charge in [0.15, 0.2) is 17.2 Å². The van der Waals surface area contributed by atoms with Crippen molar-refractivity contribution in [1.82, 2.24) is 0 Å². The van der Waals surface area contributed by atoms with Gasteiger partial charge in [-0.25, -0.2) is 0 Å². The van der Waals surface area contributed by atoms with Crippen molar-refractivity contribution in [3.63, 3.8) is 0 Å². The van der Waals surface area contributed by atoms with Crippen molar-refractivity contribution in [2.45, 2.75) is 0 Å². The minimum atomic E-state index is -0.208. The molecule has 2 aromatic carbocycles. The Morgan fingerprint density at radius 2 is 1.47 bits per heavy atom. The van der Waals surface area contributed by atoms with Crippen LogP contribution in [0, 0.1) is 0 Å². The number of hydrogen-bond acceptors (Lipinski definition) is 2. The average Bonchev–Trinajstić information content (AvgIpc) is 2.24. The van der Waals surface area contributed by atoms with Crippen molar-refractivity contribution in [2.75, 3.05) is 0 Å². The van der Waals surface area contributed by atoms with E-state index in [0.717, 1.165) is 0 Å². The van der Waals surface area contributed by atoms with Crippen molar-refractivity contribution in [3.8, 4) is 23.0 Å². The highest BCUT2D eigenvalue weighted by Crippen LogP contribution is 2.34. The van der Waals surface area contributed by atoms with E-state index < -0.39 is 0 Å². The molecule has 0 aliphatic rings. The lowest BCUT2D eigenvalue weighted by molar-refractivity contribution is 0.324. The van der Waals surface area contributed by atoms with Crippen LogP contribution in [-0.2, 0) is 5.11 Å². The summed E-state index contributed by atoms with van der Waals surface area (Å²) in [4.78, 5) is 0. The Morgan fingerprint density at radius 3 is 2.13 bits per heavy atom. The number of hydrogen-bond donors (Lipinski definition) is 1. The first kappa shape index (κ1) is 9.40. The molecule has 1 radical (unpaired) electrons. The summed E-state index contributed by atoms with van der Waals surface area (Å²) in [5.74, 6) is 0.293. The van der Waals surface area contributed by atoms with Crippen molar-refractivity contribution >= 4 is 0 Å². The molecule has 0 aliphatic heterocycles. The molecular formula is C12H9O3. The van der Waals surface area contributed by atoms with E-state index in [9.17, 15) is 10.2 Å². The van der Waals surface area contributed by atoms with Crippen LogP contribution in [0.2, 0.25) is 0 Å². The lowest BCUT2D eigenvalue weighted by Gasteiger charge is -2.06. The van der Waals surface area contributed by atoms with Crippen LogP contribution < -0.4 is 4.74 Å². The van der Waals surface area contributed by atoms with E-state index in [2.05, 4.69) is 0 Å². The first-order chi connectivity index (χ1) is 7.27. The molecule has 0 unspecified atom stereocenters. The van der Waals surface area contributed by atoms with Gasteiger partial charge in [0.2, 0.25) is 5.75 Å². The number of phenols is 1. The Morgan fingerprint density at radius 1 is 0.867 bits per heavy atom. The van der Waals surface area contributed by atoms with E-state index in [-0.39, 0.29) is 23.0 Å². The third-order valence-electron chi connectivity index (χ3n) is 1.93. The second kappa shape index (κ2) is 3.92. The average molecular weight is 201 g/mol. The summed E-state index contributed by atoms with van der Waals surface area (Å²) in [5, 5.41) is 20.8. The molecule has 3 heteroatoms. The van der Waals surface area contributed by atoms with Crippen LogP contribution >= 0.6 is 0 Å². The largest absolute Gasteiger partial charge is 0.504 e. The highest BCUT2D eigenvalue weighted by Gasteiger charge is 2.06. The Balaban J connectivity index is 2.30. The summed E-state index contributed by atoms with van der Waals surface area (Å²) in [6.07, 6.45) is 0. The fourth-order valence-corrected chi connectivity index (χ4v) is 1.20. The third-order valence-corrected chi connectivity index (χ3v) is 1.93. The lowest BCUT2D eigenvalue weighted by atomic mass is 10.3. The summed E-state index contributed by atoms with van der Waals surface area (Å²) in [6.45, 7) is 0. The van der Waals surface area contributed by atoms with Crippen LogP contribution in [0.4, 0.5) is 0 Å². The maximum absolute atomic E-state index is 11.3. The lowest BCUT2D eigenvalue weighted by Crippen LogP contribution is -1.84. The molecule has 1 N–H and O–H groups in total. The van der Waals surface area contributed by atoms with E-state index >= 15 is 0 Å². The molecule has 0 atom stereocenters. The van der Waals surface area contributed by atoms with Gasteiger partial charge in [-0.15, -0.1) is 0 Å². The van der Waals surface area contributed by atoms with Gasteiger partial charge in [-0.2, -0.15) is 0 Å². The van der Waals surface area contributed by atoms with Crippen LogP contribution in [0.3, 0.4) is 0 Å². The molecule has 75 valence electrons. The molecule has 3 nitrogen and oxygen atoms in total. The standard InChI is InChI=1S/C12H9O3/c13-9-5-1-3-7-11(9)15-12-8-4-2-6-10(12)14/h1-8,13H. The number of ether oxygens (including phenoxy) is 1. The zero-order chi connectivity index (χ0) is 10.7. The van der Waals surface area contributed by atoms with Crippen LogP contribution in [0.5, 0.6) is 23.0 Å². The van der Waals surface area contributed by atoms with Crippen molar-refractivity contribution in [3.05, 3.63) is 48.5 Å². The molecule has 2 aromatic rings. The SMILES string of the molecule is [O]c1ccccc1Oc1ccccc1O. The van der Waals surface area contributed by atoms with Crippen molar-refractivity contribution in [2.24, 2.45) is 0 Å². The summed E-state index contributed by atoms with van der Waals surface area (Å²) >= 11 is 0. The van der Waals surface area contributed by atoms with Gasteiger partial charge in [0.1, 0.15) is 0 Å². The molecule has 2 rings (SSSR count). The number of rotatable bonds is 2. The molecule has 0 fully saturated rings. The molecule has 0 aromatic heterocycles. The van der Waals surface area contributed by atoms with E-state index in [1.807, 2.05) is 0 Å². The normalized spacial score (nSPS) is 9.87. The van der Waals surface area contributed by atoms with Gasteiger partial charge in [-0.1, -0.05) is 24.3 Å². The topological polar surface area (TPSA) is 49.4 Å². The van der Waals surface area contributed by atoms with Crippen LogP contribution in [0.15, 0.2) is 48.5 Å². The zero-order valence-electron chi connectivity index (χ0n) is 7.88. The maximum Gasteiger partial charge on any atom is 0.221 e.